The number of carbonyl (C=O) groups excluding carboxylic acids is 2. The van der Waals surface area contributed by atoms with Crippen molar-refractivity contribution in [2.45, 2.75) is 25.4 Å². The van der Waals surface area contributed by atoms with Gasteiger partial charge in [-0.1, -0.05) is 12.1 Å². The molecule has 25 heavy (non-hydrogen) atoms. The van der Waals surface area contributed by atoms with E-state index in [0.29, 0.717) is 31.6 Å². The van der Waals surface area contributed by atoms with Crippen LogP contribution < -0.4 is 4.90 Å². The highest BCUT2D eigenvalue weighted by Crippen LogP contribution is 2.32. The number of amides is 2. The molecule has 1 fully saturated rings. The minimum Gasteiger partial charge on any atom is -0.447 e. The van der Waals surface area contributed by atoms with E-state index in [-0.39, 0.29) is 18.6 Å². The molecule has 0 spiro atoms. The Morgan fingerprint density at radius 1 is 1.36 bits per heavy atom. The van der Waals surface area contributed by atoms with E-state index in [9.17, 15) is 14.0 Å². The van der Waals surface area contributed by atoms with Gasteiger partial charge in [-0.2, -0.15) is 0 Å². The Morgan fingerprint density at radius 2 is 2.24 bits per heavy atom. The van der Waals surface area contributed by atoms with Crippen LogP contribution in [0.15, 0.2) is 35.7 Å². The van der Waals surface area contributed by atoms with Gasteiger partial charge in [0.15, 0.2) is 0 Å². The lowest BCUT2D eigenvalue weighted by molar-refractivity contribution is -0.131. The lowest BCUT2D eigenvalue weighted by atomic mass is 10.0. The fourth-order valence-corrected chi connectivity index (χ4v) is 4.04. The summed E-state index contributed by atoms with van der Waals surface area (Å²) in [6.45, 7) is 1.16. The first-order valence-electron chi connectivity index (χ1n) is 8.16. The molecule has 0 unspecified atom stereocenters. The molecule has 1 aromatic carbocycles. The molecule has 2 amide bonds. The van der Waals surface area contributed by atoms with Crippen LogP contribution in [-0.2, 0) is 22.5 Å². The van der Waals surface area contributed by atoms with Crippen LogP contribution in [-0.4, -0.2) is 36.1 Å². The molecule has 2 aromatic rings. The SMILES string of the molecule is O=C(Cc1cccs1)N1CC[C@H]2COC(=O)N2c2cc(F)ccc2C1. The van der Waals surface area contributed by atoms with Crippen molar-refractivity contribution in [3.8, 4) is 0 Å². The van der Waals surface area contributed by atoms with Crippen molar-refractivity contribution in [3.63, 3.8) is 0 Å². The number of rotatable bonds is 2. The Kier molecular flexibility index (Phi) is 4.17. The first kappa shape index (κ1) is 16.1. The Hall–Kier alpha value is -2.41. The summed E-state index contributed by atoms with van der Waals surface area (Å²) in [5.41, 5.74) is 1.26. The number of cyclic esters (lactones) is 1. The molecule has 0 saturated carbocycles. The number of hydrogen-bond acceptors (Lipinski definition) is 4. The van der Waals surface area contributed by atoms with Crippen molar-refractivity contribution >= 4 is 29.0 Å². The molecule has 2 aliphatic rings. The lowest BCUT2D eigenvalue weighted by Gasteiger charge is -2.32. The molecule has 7 heteroatoms. The second-order valence-corrected chi connectivity index (χ2v) is 7.27. The standard InChI is InChI=1S/C18H17FN2O3S/c19-13-4-3-12-10-20(17(22)9-15-2-1-7-25-15)6-5-14-11-24-18(23)21(14)16(12)8-13/h1-4,7-8,14H,5-6,9-11H2/t14-/m0/s1. The summed E-state index contributed by atoms with van der Waals surface area (Å²) < 4.78 is 18.9. The van der Waals surface area contributed by atoms with E-state index in [2.05, 4.69) is 0 Å². The van der Waals surface area contributed by atoms with Crippen LogP contribution in [0.5, 0.6) is 0 Å². The monoisotopic (exact) mass is 360 g/mol. The molecule has 3 heterocycles. The third kappa shape index (κ3) is 3.11. The maximum Gasteiger partial charge on any atom is 0.414 e. The predicted molar refractivity (Wildman–Crippen MR) is 92.1 cm³/mol. The van der Waals surface area contributed by atoms with Crippen molar-refractivity contribution in [2.24, 2.45) is 0 Å². The second-order valence-electron chi connectivity index (χ2n) is 6.23. The van der Waals surface area contributed by atoms with Crippen molar-refractivity contribution in [3.05, 3.63) is 52.0 Å². The number of thiophene rings is 1. The quantitative estimate of drug-likeness (QED) is 0.826. The number of carbonyl (C=O) groups is 2. The molecule has 1 saturated heterocycles. The molecule has 0 N–H and O–H groups in total. The summed E-state index contributed by atoms with van der Waals surface area (Å²) in [5, 5.41) is 1.95. The number of fused-ring (bicyclic) bond motifs is 3. The zero-order valence-corrected chi connectivity index (χ0v) is 14.3. The first-order valence-corrected chi connectivity index (χ1v) is 9.04. The van der Waals surface area contributed by atoms with Gasteiger partial charge in [0.25, 0.3) is 0 Å². The number of halogens is 1. The number of ether oxygens (including phenoxy) is 1. The summed E-state index contributed by atoms with van der Waals surface area (Å²) in [7, 11) is 0. The fourth-order valence-electron chi connectivity index (χ4n) is 3.34. The smallest absolute Gasteiger partial charge is 0.414 e. The zero-order valence-electron chi connectivity index (χ0n) is 13.5. The summed E-state index contributed by atoms with van der Waals surface area (Å²) >= 11 is 1.56. The maximum atomic E-state index is 13.8. The third-order valence-corrected chi connectivity index (χ3v) is 5.50. The molecule has 1 atom stereocenters. The molecule has 0 aliphatic carbocycles. The maximum absolute atomic E-state index is 13.8. The number of benzene rings is 1. The first-order chi connectivity index (χ1) is 12.1. The molecule has 1 aromatic heterocycles. The summed E-state index contributed by atoms with van der Waals surface area (Å²) in [6, 6.07) is 8.05. The van der Waals surface area contributed by atoms with Gasteiger partial charge in [-0.15, -0.1) is 11.3 Å². The van der Waals surface area contributed by atoms with E-state index >= 15 is 0 Å². The summed E-state index contributed by atoms with van der Waals surface area (Å²) in [6.07, 6.45) is 0.519. The van der Waals surface area contributed by atoms with Gasteiger partial charge in [0.2, 0.25) is 5.91 Å². The van der Waals surface area contributed by atoms with E-state index < -0.39 is 11.9 Å². The van der Waals surface area contributed by atoms with E-state index in [1.54, 1.807) is 22.3 Å². The number of anilines is 1. The minimum absolute atomic E-state index is 0.0383. The van der Waals surface area contributed by atoms with Crippen LogP contribution in [0.2, 0.25) is 0 Å². The van der Waals surface area contributed by atoms with Gasteiger partial charge in [-0.05, 0) is 35.6 Å². The highest BCUT2D eigenvalue weighted by Gasteiger charge is 2.37. The molecule has 5 nitrogen and oxygen atoms in total. The summed E-state index contributed by atoms with van der Waals surface area (Å²) in [4.78, 5) is 29.1. The Balaban J connectivity index is 1.64. The molecular formula is C18H17FN2O3S. The normalized spacial score (nSPS) is 19.7. The van der Waals surface area contributed by atoms with Crippen molar-refractivity contribution in [1.82, 2.24) is 4.90 Å². The van der Waals surface area contributed by atoms with Gasteiger partial charge in [-0.25, -0.2) is 9.18 Å². The Labute approximate surface area is 148 Å². The summed E-state index contributed by atoms with van der Waals surface area (Å²) in [5.74, 6) is -0.370. The molecule has 2 aliphatic heterocycles. The van der Waals surface area contributed by atoms with Crippen LogP contribution >= 0.6 is 11.3 Å². The van der Waals surface area contributed by atoms with Gasteiger partial charge in [-0.3, -0.25) is 9.69 Å². The van der Waals surface area contributed by atoms with E-state index in [4.69, 9.17) is 4.74 Å². The third-order valence-electron chi connectivity index (χ3n) is 4.62. The van der Waals surface area contributed by atoms with Crippen LogP contribution in [0.25, 0.3) is 0 Å². The Morgan fingerprint density at radius 3 is 3.04 bits per heavy atom. The van der Waals surface area contributed by atoms with Crippen molar-refractivity contribution < 1.29 is 18.7 Å². The molecule has 4 rings (SSSR count). The van der Waals surface area contributed by atoms with Gasteiger partial charge < -0.3 is 9.64 Å². The molecular weight excluding hydrogens is 343 g/mol. The van der Waals surface area contributed by atoms with Gasteiger partial charge in [0, 0.05) is 18.0 Å². The lowest BCUT2D eigenvalue weighted by Crippen LogP contribution is -2.42. The van der Waals surface area contributed by atoms with Crippen LogP contribution in [0.1, 0.15) is 16.9 Å². The number of hydrogen-bond donors (Lipinski definition) is 0. The van der Waals surface area contributed by atoms with E-state index in [1.165, 1.54) is 17.0 Å². The second kappa shape index (κ2) is 6.48. The van der Waals surface area contributed by atoms with Gasteiger partial charge in [0.05, 0.1) is 18.2 Å². The minimum atomic E-state index is -0.449. The van der Waals surface area contributed by atoms with Gasteiger partial charge >= 0.3 is 6.09 Å². The zero-order chi connectivity index (χ0) is 17.4. The highest BCUT2D eigenvalue weighted by molar-refractivity contribution is 7.10. The molecule has 0 radical (unpaired) electrons. The average molecular weight is 360 g/mol. The Bertz CT molecular complexity index is 809. The van der Waals surface area contributed by atoms with Crippen LogP contribution in [0.3, 0.4) is 0 Å². The average Bonchev–Trinajstić information content (AvgIpc) is 3.20. The predicted octanol–water partition coefficient (Wildman–Crippen LogP) is 3.19. The largest absolute Gasteiger partial charge is 0.447 e. The van der Waals surface area contributed by atoms with Crippen LogP contribution in [0.4, 0.5) is 14.9 Å². The van der Waals surface area contributed by atoms with E-state index in [0.717, 1.165) is 10.4 Å². The van der Waals surface area contributed by atoms with Gasteiger partial charge in [0.1, 0.15) is 12.4 Å². The van der Waals surface area contributed by atoms with Crippen molar-refractivity contribution in [1.29, 1.82) is 0 Å². The van der Waals surface area contributed by atoms with Crippen LogP contribution in [0, 0.1) is 5.82 Å². The number of nitrogens with zero attached hydrogens (tertiary/aromatic N) is 2. The van der Waals surface area contributed by atoms with Crippen molar-refractivity contribution in [2.75, 3.05) is 18.1 Å². The molecule has 0 bridgehead atoms. The topological polar surface area (TPSA) is 49.9 Å². The van der Waals surface area contributed by atoms with E-state index in [1.807, 2.05) is 17.5 Å². The molecule has 130 valence electrons. The highest BCUT2D eigenvalue weighted by atomic mass is 32.1. The fraction of sp³-hybridized carbons (Fsp3) is 0.333.